The molecular formula is C12H17F3N2O3S. The molecule has 21 heavy (non-hydrogen) atoms. The lowest BCUT2D eigenvalue weighted by atomic mass is 10.2. The molecule has 0 spiro atoms. The molecule has 0 aromatic heterocycles. The number of benzene rings is 1. The normalized spacial score (nSPS) is 12.4. The van der Waals surface area contributed by atoms with Gasteiger partial charge in [0, 0.05) is 13.1 Å². The Morgan fingerprint density at radius 2 is 1.95 bits per heavy atom. The van der Waals surface area contributed by atoms with Crippen molar-refractivity contribution in [3.8, 4) is 5.75 Å². The van der Waals surface area contributed by atoms with E-state index in [2.05, 4.69) is 14.8 Å². The summed E-state index contributed by atoms with van der Waals surface area (Å²) in [5.74, 6) is -0.263. The summed E-state index contributed by atoms with van der Waals surface area (Å²) in [7, 11) is -3.19. The van der Waals surface area contributed by atoms with Crippen molar-refractivity contribution >= 4 is 10.0 Å². The smallest absolute Gasteiger partial charge is 0.406 e. The van der Waals surface area contributed by atoms with Gasteiger partial charge in [0.15, 0.2) is 0 Å². The van der Waals surface area contributed by atoms with Crippen molar-refractivity contribution in [1.29, 1.82) is 0 Å². The van der Waals surface area contributed by atoms with Crippen LogP contribution in [0, 0.1) is 0 Å². The quantitative estimate of drug-likeness (QED) is 0.712. The first-order chi connectivity index (χ1) is 9.66. The zero-order valence-electron chi connectivity index (χ0n) is 11.4. The van der Waals surface area contributed by atoms with E-state index in [-0.39, 0.29) is 5.75 Å². The van der Waals surface area contributed by atoms with Crippen LogP contribution in [-0.4, -0.2) is 34.1 Å². The number of hydrogen-bond acceptors (Lipinski definition) is 4. The number of rotatable bonds is 8. The summed E-state index contributed by atoms with van der Waals surface area (Å²) in [5, 5.41) is 3.01. The SMILES string of the molecule is CS(=O)(=O)NCCCNCc1cccc(OC(F)(F)F)c1. The van der Waals surface area contributed by atoms with Gasteiger partial charge >= 0.3 is 6.36 Å². The van der Waals surface area contributed by atoms with Gasteiger partial charge in [0.05, 0.1) is 6.26 Å². The number of halogens is 3. The molecule has 0 heterocycles. The molecule has 1 rings (SSSR count). The van der Waals surface area contributed by atoms with E-state index in [9.17, 15) is 21.6 Å². The highest BCUT2D eigenvalue weighted by molar-refractivity contribution is 7.88. The fourth-order valence-corrected chi connectivity index (χ4v) is 2.07. The number of ether oxygens (including phenoxy) is 1. The Morgan fingerprint density at radius 3 is 2.57 bits per heavy atom. The van der Waals surface area contributed by atoms with E-state index < -0.39 is 16.4 Å². The molecule has 0 bridgehead atoms. The lowest BCUT2D eigenvalue weighted by molar-refractivity contribution is -0.274. The maximum atomic E-state index is 12.1. The predicted molar refractivity (Wildman–Crippen MR) is 72.3 cm³/mol. The van der Waals surface area contributed by atoms with Crippen molar-refractivity contribution in [2.75, 3.05) is 19.3 Å². The fraction of sp³-hybridized carbons (Fsp3) is 0.500. The zero-order valence-corrected chi connectivity index (χ0v) is 12.2. The van der Waals surface area contributed by atoms with E-state index in [1.807, 2.05) is 0 Å². The predicted octanol–water partition coefficient (Wildman–Crippen LogP) is 1.61. The van der Waals surface area contributed by atoms with Gasteiger partial charge in [0.1, 0.15) is 5.75 Å². The second-order valence-electron chi connectivity index (χ2n) is 4.39. The minimum atomic E-state index is -4.70. The van der Waals surface area contributed by atoms with Crippen LogP contribution in [0.4, 0.5) is 13.2 Å². The minimum absolute atomic E-state index is 0.263. The van der Waals surface area contributed by atoms with Crippen molar-refractivity contribution in [3.05, 3.63) is 29.8 Å². The summed E-state index contributed by atoms with van der Waals surface area (Å²) in [6.45, 7) is 1.21. The number of hydrogen-bond donors (Lipinski definition) is 2. The first-order valence-corrected chi connectivity index (χ1v) is 8.05. The lowest BCUT2D eigenvalue weighted by Gasteiger charge is -2.10. The Labute approximate surface area is 121 Å². The van der Waals surface area contributed by atoms with Gasteiger partial charge in [-0.15, -0.1) is 13.2 Å². The maximum absolute atomic E-state index is 12.1. The van der Waals surface area contributed by atoms with E-state index in [1.165, 1.54) is 18.2 Å². The third-order valence-electron chi connectivity index (χ3n) is 2.36. The number of nitrogens with one attached hydrogen (secondary N) is 2. The summed E-state index contributed by atoms with van der Waals surface area (Å²) >= 11 is 0. The van der Waals surface area contributed by atoms with Gasteiger partial charge in [-0.25, -0.2) is 13.1 Å². The van der Waals surface area contributed by atoms with Gasteiger partial charge in [0.2, 0.25) is 10.0 Å². The maximum Gasteiger partial charge on any atom is 0.573 e. The molecule has 5 nitrogen and oxygen atoms in total. The van der Waals surface area contributed by atoms with Crippen LogP contribution in [0.3, 0.4) is 0 Å². The molecule has 2 N–H and O–H groups in total. The lowest BCUT2D eigenvalue weighted by Crippen LogP contribution is -2.26. The number of alkyl halides is 3. The van der Waals surface area contributed by atoms with Gasteiger partial charge in [-0.2, -0.15) is 0 Å². The van der Waals surface area contributed by atoms with Crippen molar-refractivity contribution in [2.45, 2.75) is 19.3 Å². The standard InChI is InChI=1S/C12H17F3N2O3S/c1-21(18,19)17-7-3-6-16-9-10-4-2-5-11(8-10)20-12(13,14)15/h2,4-5,8,16-17H,3,6-7,9H2,1H3. The fourth-order valence-electron chi connectivity index (χ4n) is 1.56. The van der Waals surface area contributed by atoms with Crippen LogP contribution in [0.15, 0.2) is 24.3 Å². The molecule has 120 valence electrons. The Balaban J connectivity index is 2.31. The van der Waals surface area contributed by atoms with E-state index in [4.69, 9.17) is 0 Å². The van der Waals surface area contributed by atoms with Crippen LogP contribution in [0.5, 0.6) is 5.75 Å². The van der Waals surface area contributed by atoms with Crippen LogP contribution in [-0.2, 0) is 16.6 Å². The summed E-state index contributed by atoms with van der Waals surface area (Å²) < 4.78 is 64.0. The van der Waals surface area contributed by atoms with Crippen LogP contribution in [0.25, 0.3) is 0 Å². The highest BCUT2D eigenvalue weighted by Gasteiger charge is 2.31. The van der Waals surface area contributed by atoms with Gasteiger partial charge in [-0.05, 0) is 30.7 Å². The van der Waals surface area contributed by atoms with E-state index in [1.54, 1.807) is 6.07 Å². The van der Waals surface area contributed by atoms with Crippen LogP contribution < -0.4 is 14.8 Å². The molecule has 0 unspecified atom stereocenters. The molecule has 0 amide bonds. The summed E-state index contributed by atoms with van der Waals surface area (Å²) in [4.78, 5) is 0. The molecular weight excluding hydrogens is 309 g/mol. The molecule has 0 aliphatic rings. The monoisotopic (exact) mass is 326 g/mol. The Hall–Kier alpha value is -1.32. The minimum Gasteiger partial charge on any atom is -0.406 e. The molecule has 0 aliphatic carbocycles. The molecule has 0 aliphatic heterocycles. The highest BCUT2D eigenvalue weighted by atomic mass is 32.2. The second-order valence-corrected chi connectivity index (χ2v) is 6.23. The summed E-state index contributed by atoms with van der Waals surface area (Å²) in [5.41, 5.74) is 0.646. The van der Waals surface area contributed by atoms with Gasteiger partial charge in [-0.3, -0.25) is 0 Å². The van der Waals surface area contributed by atoms with E-state index >= 15 is 0 Å². The van der Waals surface area contributed by atoms with Crippen molar-refractivity contribution < 1.29 is 26.3 Å². The Morgan fingerprint density at radius 1 is 1.24 bits per heavy atom. The number of sulfonamides is 1. The summed E-state index contributed by atoms with van der Waals surface area (Å²) in [6, 6.07) is 5.68. The van der Waals surface area contributed by atoms with Crippen molar-refractivity contribution in [1.82, 2.24) is 10.0 Å². The topological polar surface area (TPSA) is 67.4 Å². The Bertz CT molecular complexity index is 547. The molecule has 0 saturated heterocycles. The molecule has 1 aromatic carbocycles. The average molecular weight is 326 g/mol. The van der Waals surface area contributed by atoms with Crippen LogP contribution >= 0.6 is 0 Å². The van der Waals surface area contributed by atoms with E-state index in [0.29, 0.717) is 31.6 Å². The van der Waals surface area contributed by atoms with Crippen molar-refractivity contribution in [3.63, 3.8) is 0 Å². The third kappa shape index (κ3) is 9.27. The van der Waals surface area contributed by atoms with Gasteiger partial charge < -0.3 is 10.1 Å². The first-order valence-electron chi connectivity index (χ1n) is 6.16. The molecule has 0 atom stereocenters. The van der Waals surface area contributed by atoms with Crippen molar-refractivity contribution in [2.24, 2.45) is 0 Å². The average Bonchev–Trinajstić information content (AvgIpc) is 2.30. The third-order valence-corrected chi connectivity index (χ3v) is 3.08. The molecule has 0 radical (unpaired) electrons. The first kappa shape index (κ1) is 17.7. The van der Waals surface area contributed by atoms with Gasteiger partial charge in [-0.1, -0.05) is 12.1 Å². The zero-order chi connectivity index (χ0) is 15.9. The largest absolute Gasteiger partial charge is 0.573 e. The molecule has 0 fully saturated rings. The van der Waals surface area contributed by atoms with E-state index in [0.717, 1.165) is 6.26 Å². The van der Waals surface area contributed by atoms with Crippen LogP contribution in [0.2, 0.25) is 0 Å². The highest BCUT2D eigenvalue weighted by Crippen LogP contribution is 2.23. The molecule has 1 aromatic rings. The molecule has 0 saturated carbocycles. The molecule has 9 heteroatoms. The van der Waals surface area contributed by atoms with Crippen LogP contribution in [0.1, 0.15) is 12.0 Å². The Kier molecular flexibility index (Phi) is 6.43. The summed E-state index contributed by atoms with van der Waals surface area (Å²) in [6.07, 6.45) is -3.05. The second kappa shape index (κ2) is 7.62. The van der Waals surface area contributed by atoms with Gasteiger partial charge in [0.25, 0.3) is 0 Å².